The van der Waals surface area contributed by atoms with E-state index in [2.05, 4.69) is 5.32 Å². The molecule has 1 aliphatic heterocycles. The molecule has 0 bridgehead atoms. The number of aliphatic hydroxyl groups is 1. The highest BCUT2D eigenvalue weighted by molar-refractivity contribution is 7.89. The maximum absolute atomic E-state index is 12.8. The Morgan fingerprint density at radius 1 is 1.48 bits per heavy atom. The SMILES string of the molecule is CC1CCCN(S(=O)(=O)c2cc(C(=O)NCCO)ccc2Cl)C1. The maximum atomic E-state index is 12.8. The number of amides is 1. The van der Waals surface area contributed by atoms with Gasteiger partial charge < -0.3 is 10.4 Å². The Bertz CT molecular complexity index is 678. The van der Waals surface area contributed by atoms with Crippen LogP contribution in [0.3, 0.4) is 0 Å². The summed E-state index contributed by atoms with van der Waals surface area (Å²) in [5.41, 5.74) is 0.200. The second-order valence-corrected chi connectivity index (χ2v) is 8.05. The van der Waals surface area contributed by atoms with Crippen molar-refractivity contribution in [2.45, 2.75) is 24.7 Å². The third-order valence-corrected chi connectivity index (χ3v) is 6.18. The summed E-state index contributed by atoms with van der Waals surface area (Å²) in [5, 5.41) is 11.3. The molecule has 6 nitrogen and oxygen atoms in total. The van der Waals surface area contributed by atoms with Gasteiger partial charge in [-0.1, -0.05) is 18.5 Å². The van der Waals surface area contributed by atoms with Crippen LogP contribution in [0.4, 0.5) is 0 Å². The lowest BCUT2D eigenvalue weighted by Gasteiger charge is -2.30. The van der Waals surface area contributed by atoms with E-state index < -0.39 is 15.9 Å². The third-order valence-electron chi connectivity index (χ3n) is 3.83. The number of carbonyl (C=O) groups excluding carboxylic acids is 1. The van der Waals surface area contributed by atoms with Crippen molar-refractivity contribution in [2.24, 2.45) is 5.92 Å². The molecule has 0 aromatic heterocycles. The number of sulfonamides is 1. The van der Waals surface area contributed by atoms with Crippen molar-refractivity contribution in [1.29, 1.82) is 0 Å². The summed E-state index contributed by atoms with van der Waals surface area (Å²) in [4.78, 5) is 11.9. The summed E-state index contributed by atoms with van der Waals surface area (Å²) >= 11 is 6.07. The predicted molar refractivity (Wildman–Crippen MR) is 88.0 cm³/mol. The molecule has 1 amide bonds. The van der Waals surface area contributed by atoms with Crippen molar-refractivity contribution in [3.8, 4) is 0 Å². The van der Waals surface area contributed by atoms with E-state index in [9.17, 15) is 13.2 Å². The summed E-state index contributed by atoms with van der Waals surface area (Å²) in [5.74, 6) is -0.146. The van der Waals surface area contributed by atoms with Gasteiger partial charge in [0.15, 0.2) is 0 Å². The number of nitrogens with one attached hydrogen (secondary N) is 1. The zero-order chi connectivity index (χ0) is 17.0. The van der Waals surface area contributed by atoms with Crippen molar-refractivity contribution < 1.29 is 18.3 Å². The van der Waals surface area contributed by atoms with Crippen LogP contribution >= 0.6 is 11.6 Å². The maximum Gasteiger partial charge on any atom is 0.251 e. The Morgan fingerprint density at radius 3 is 2.87 bits per heavy atom. The highest BCUT2D eigenvalue weighted by Crippen LogP contribution is 2.29. The number of piperidine rings is 1. The van der Waals surface area contributed by atoms with Gasteiger partial charge in [-0.05, 0) is 37.0 Å². The molecule has 0 aliphatic carbocycles. The number of rotatable bonds is 5. The van der Waals surface area contributed by atoms with Crippen LogP contribution in [-0.4, -0.2) is 50.0 Å². The van der Waals surface area contributed by atoms with E-state index in [0.29, 0.717) is 19.0 Å². The molecule has 0 radical (unpaired) electrons. The molecule has 1 unspecified atom stereocenters. The van der Waals surface area contributed by atoms with Crippen molar-refractivity contribution in [3.63, 3.8) is 0 Å². The lowest BCUT2D eigenvalue weighted by atomic mass is 10.0. The van der Waals surface area contributed by atoms with Gasteiger partial charge in [-0.15, -0.1) is 0 Å². The second kappa shape index (κ2) is 7.61. The average molecular weight is 361 g/mol. The molecule has 128 valence electrons. The molecular formula is C15H21ClN2O4S. The van der Waals surface area contributed by atoms with Crippen LogP contribution in [0, 0.1) is 5.92 Å². The molecule has 1 fully saturated rings. The number of hydrogen-bond acceptors (Lipinski definition) is 4. The van der Waals surface area contributed by atoms with E-state index in [0.717, 1.165) is 12.8 Å². The number of nitrogens with zero attached hydrogens (tertiary/aromatic N) is 1. The lowest BCUT2D eigenvalue weighted by Crippen LogP contribution is -2.39. The molecule has 8 heteroatoms. The molecule has 1 aromatic rings. The smallest absolute Gasteiger partial charge is 0.251 e. The van der Waals surface area contributed by atoms with Gasteiger partial charge in [-0.3, -0.25) is 4.79 Å². The summed E-state index contributed by atoms with van der Waals surface area (Å²) < 4.78 is 27.1. The highest BCUT2D eigenvalue weighted by atomic mass is 35.5. The van der Waals surface area contributed by atoms with Crippen LogP contribution in [-0.2, 0) is 10.0 Å². The van der Waals surface area contributed by atoms with Crippen LogP contribution < -0.4 is 5.32 Å². The minimum absolute atomic E-state index is 0.0510. The van der Waals surface area contributed by atoms with Crippen LogP contribution in [0.1, 0.15) is 30.1 Å². The Balaban J connectivity index is 2.32. The molecule has 2 N–H and O–H groups in total. The Hall–Kier alpha value is -1.15. The molecule has 1 aliphatic rings. The molecule has 2 rings (SSSR count). The van der Waals surface area contributed by atoms with Crippen LogP contribution in [0.25, 0.3) is 0 Å². The first kappa shape index (κ1) is 18.2. The minimum Gasteiger partial charge on any atom is -0.395 e. The summed E-state index contributed by atoms with van der Waals surface area (Å²) in [6, 6.07) is 4.17. The monoisotopic (exact) mass is 360 g/mol. The summed E-state index contributed by atoms with van der Waals surface area (Å²) in [6.07, 6.45) is 1.82. The minimum atomic E-state index is -3.73. The van der Waals surface area contributed by atoms with E-state index in [1.807, 2.05) is 6.92 Å². The molecule has 1 aromatic carbocycles. The van der Waals surface area contributed by atoms with Gasteiger partial charge in [-0.2, -0.15) is 4.31 Å². The van der Waals surface area contributed by atoms with Crippen LogP contribution in [0.2, 0.25) is 5.02 Å². The van der Waals surface area contributed by atoms with Crippen LogP contribution in [0.5, 0.6) is 0 Å². The van der Waals surface area contributed by atoms with E-state index >= 15 is 0 Å². The van der Waals surface area contributed by atoms with Gasteiger partial charge in [0.25, 0.3) is 5.91 Å². The van der Waals surface area contributed by atoms with Gasteiger partial charge in [-0.25, -0.2) is 8.42 Å². The third kappa shape index (κ3) is 4.23. The molecule has 0 saturated carbocycles. The van der Waals surface area contributed by atoms with Crippen molar-refractivity contribution in [3.05, 3.63) is 28.8 Å². The quantitative estimate of drug-likeness (QED) is 0.832. The van der Waals surface area contributed by atoms with Gasteiger partial charge in [0.05, 0.1) is 11.6 Å². The highest BCUT2D eigenvalue weighted by Gasteiger charge is 2.30. The number of hydrogen-bond donors (Lipinski definition) is 2. The predicted octanol–water partition coefficient (Wildman–Crippen LogP) is 1.48. The standard InChI is InChI=1S/C15H21ClN2O4S/c1-11-3-2-7-18(10-11)23(21,22)14-9-12(4-5-13(14)16)15(20)17-6-8-19/h4-5,9,11,19H,2-3,6-8,10H2,1H3,(H,17,20). The van der Waals surface area contributed by atoms with Crippen molar-refractivity contribution >= 4 is 27.5 Å². The Labute approximate surface area is 141 Å². The van der Waals surface area contributed by atoms with E-state index in [1.54, 1.807) is 0 Å². The van der Waals surface area contributed by atoms with Crippen molar-refractivity contribution in [2.75, 3.05) is 26.2 Å². The van der Waals surface area contributed by atoms with Gasteiger partial charge in [0.2, 0.25) is 10.0 Å². The van der Waals surface area contributed by atoms with E-state index in [-0.39, 0.29) is 28.6 Å². The topological polar surface area (TPSA) is 86.7 Å². The largest absolute Gasteiger partial charge is 0.395 e. The van der Waals surface area contributed by atoms with Gasteiger partial charge >= 0.3 is 0 Å². The van der Waals surface area contributed by atoms with E-state index in [4.69, 9.17) is 16.7 Å². The molecule has 1 heterocycles. The van der Waals surface area contributed by atoms with Gasteiger partial charge in [0.1, 0.15) is 4.90 Å². The summed E-state index contributed by atoms with van der Waals surface area (Å²) in [6.45, 7) is 2.86. The molecular weight excluding hydrogens is 340 g/mol. The Kier molecular flexibility index (Phi) is 6.02. The van der Waals surface area contributed by atoms with Gasteiger partial charge in [0, 0.05) is 25.2 Å². The zero-order valence-electron chi connectivity index (χ0n) is 13.0. The van der Waals surface area contributed by atoms with Crippen molar-refractivity contribution in [1.82, 2.24) is 9.62 Å². The first-order chi connectivity index (χ1) is 10.9. The first-order valence-electron chi connectivity index (χ1n) is 7.55. The zero-order valence-corrected chi connectivity index (χ0v) is 14.5. The second-order valence-electron chi connectivity index (χ2n) is 5.74. The average Bonchev–Trinajstić information content (AvgIpc) is 2.52. The first-order valence-corrected chi connectivity index (χ1v) is 9.37. The fourth-order valence-electron chi connectivity index (χ4n) is 2.62. The molecule has 0 spiro atoms. The summed E-state index contributed by atoms with van der Waals surface area (Å²) in [7, 11) is -3.73. The molecule has 1 saturated heterocycles. The number of carbonyl (C=O) groups is 1. The fraction of sp³-hybridized carbons (Fsp3) is 0.533. The Morgan fingerprint density at radius 2 is 2.22 bits per heavy atom. The number of aliphatic hydroxyl groups excluding tert-OH is 1. The molecule has 23 heavy (non-hydrogen) atoms. The lowest BCUT2D eigenvalue weighted by molar-refractivity contribution is 0.0944. The normalized spacial score (nSPS) is 19.5. The van der Waals surface area contributed by atoms with E-state index in [1.165, 1.54) is 22.5 Å². The molecule has 1 atom stereocenters. The van der Waals surface area contributed by atoms with Crippen LogP contribution in [0.15, 0.2) is 23.1 Å². The number of halogens is 1. The number of benzene rings is 1. The fourth-order valence-corrected chi connectivity index (χ4v) is 4.72.